The highest BCUT2D eigenvalue weighted by atomic mass is 79.9. The van der Waals surface area contributed by atoms with Crippen LogP contribution in [-0.2, 0) is 22.4 Å². The lowest BCUT2D eigenvalue weighted by Crippen LogP contribution is -2.42. The van der Waals surface area contributed by atoms with Crippen molar-refractivity contribution in [1.82, 2.24) is 5.32 Å². The van der Waals surface area contributed by atoms with Crippen LogP contribution in [0.5, 0.6) is 0 Å². The van der Waals surface area contributed by atoms with Gasteiger partial charge < -0.3 is 10.2 Å². The second-order valence-electron chi connectivity index (χ2n) is 7.10. The summed E-state index contributed by atoms with van der Waals surface area (Å²) in [5, 5.41) is 3.18. The van der Waals surface area contributed by atoms with Gasteiger partial charge in [-0.05, 0) is 48.6 Å². The highest BCUT2D eigenvalue weighted by Gasteiger charge is 2.36. The number of anilines is 1. The maximum Gasteiger partial charge on any atom is 0.227 e. The molecule has 1 heterocycles. The van der Waals surface area contributed by atoms with Crippen LogP contribution in [0.3, 0.4) is 0 Å². The molecule has 0 spiro atoms. The zero-order valence-electron chi connectivity index (χ0n) is 14.5. The minimum atomic E-state index is -0.279. The molecular weight excluding hydrogens is 392 g/mol. The quantitative estimate of drug-likeness (QED) is 0.838. The van der Waals surface area contributed by atoms with E-state index in [1.165, 1.54) is 11.1 Å². The highest BCUT2D eigenvalue weighted by Crippen LogP contribution is 2.28. The lowest BCUT2D eigenvalue weighted by atomic mass is 9.88. The fraction of sp³-hybridized carbons (Fsp3) is 0.333. The van der Waals surface area contributed by atoms with Gasteiger partial charge in [0.15, 0.2) is 0 Å². The lowest BCUT2D eigenvalue weighted by molar-refractivity contribution is -0.127. The molecule has 2 aromatic rings. The summed E-state index contributed by atoms with van der Waals surface area (Å²) in [5.74, 6) is -0.267. The molecule has 2 unspecified atom stereocenters. The lowest BCUT2D eigenvalue weighted by Gasteiger charge is -2.26. The van der Waals surface area contributed by atoms with Gasteiger partial charge in [-0.15, -0.1) is 0 Å². The molecule has 0 radical (unpaired) electrons. The van der Waals surface area contributed by atoms with Crippen LogP contribution >= 0.6 is 15.9 Å². The van der Waals surface area contributed by atoms with Crippen LogP contribution in [0.25, 0.3) is 0 Å². The Bertz CT molecular complexity index is 851. The number of fused-ring (bicyclic) bond motifs is 1. The van der Waals surface area contributed by atoms with Crippen LogP contribution in [0.2, 0.25) is 0 Å². The topological polar surface area (TPSA) is 49.4 Å². The molecule has 1 saturated heterocycles. The molecule has 2 aliphatic rings. The van der Waals surface area contributed by atoms with E-state index in [-0.39, 0.29) is 30.2 Å². The van der Waals surface area contributed by atoms with Gasteiger partial charge in [-0.1, -0.05) is 46.3 Å². The average Bonchev–Trinajstić information content (AvgIpc) is 3.03. The molecule has 5 heteroatoms. The van der Waals surface area contributed by atoms with E-state index < -0.39 is 0 Å². The zero-order valence-corrected chi connectivity index (χ0v) is 16.0. The van der Waals surface area contributed by atoms with Gasteiger partial charge in [-0.25, -0.2) is 0 Å². The molecule has 0 saturated carbocycles. The van der Waals surface area contributed by atoms with Crippen molar-refractivity contribution in [2.45, 2.75) is 31.7 Å². The second kappa shape index (κ2) is 7.23. The average molecular weight is 413 g/mol. The standard InChI is InChI=1S/C21H21BrN2O2/c22-17-6-3-7-19(12-17)24-13-16(11-20(24)25)21(26)23-18-9-8-14-4-1-2-5-15(14)10-18/h1-7,12,16,18H,8-11,13H2,(H,23,26). The largest absolute Gasteiger partial charge is 0.353 e. The maximum absolute atomic E-state index is 12.7. The van der Waals surface area contributed by atoms with Gasteiger partial charge in [0.25, 0.3) is 0 Å². The number of hydrogen-bond donors (Lipinski definition) is 1. The Labute approximate surface area is 161 Å². The molecule has 26 heavy (non-hydrogen) atoms. The first-order valence-corrected chi connectivity index (χ1v) is 9.82. The van der Waals surface area contributed by atoms with Crippen LogP contribution in [0.1, 0.15) is 24.0 Å². The van der Waals surface area contributed by atoms with Crippen LogP contribution in [0, 0.1) is 5.92 Å². The Kier molecular flexibility index (Phi) is 4.81. The molecule has 2 aromatic carbocycles. The van der Waals surface area contributed by atoms with E-state index in [0.717, 1.165) is 29.4 Å². The molecule has 2 atom stereocenters. The number of nitrogens with zero attached hydrogens (tertiary/aromatic N) is 1. The molecule has 0 bridgehead atoms. The van der Waals surface area contributed by atoms with Gasteiger partial charge in [0.1, 0.15) is 0 Å². The van der Waals surface area contributed by atoms with Gasteiger partial charge in [-0.2, -0.15) is 0 Å². The molecule has 1 aliphatic carbocycles. The molecule has 134 valence electrons. The van der Waals surface area contributed by atoms with Crippen molar-refractivity contribution in [1.29, 1.82) is 0 Å². The molecule has 2 amide bonds. The first-order valence-electron chi connectivity index (χ1n) is 9.03. The summed E-state index contributed by atoms with van der Waals surface area (Å²) in [6.07, 6.45) is 3.10. The fourth-order valence-electron chi connectivity index (χ4n) is 3.92. The monoisotopic (exact) mass is 412 g/mol. The molecular formula is C21H21BrN2O2. The van der Waals surface area contributed by atoms with Crippen LogP contribution in [0.15, 0.2) is 53.0 Å². The van der Waals surface area contributed by atoms with Crippen LogP contribution in [0.4, 0.5) is 5.69 Å². The van der Waals surface area contributed by atoms with E-state index in [9.17, 15) is 9.59 Å². The molecule has 1 aliphatic heterocycles. The van der Waals surface area contributed by atoms with Gasteiger partial charge in [0.2, 0.25) is 11.8 Å². The Morgan fingerprint density at radius 2 is 1.88 bits per heavy atom. The number of hydrogen-bond acceptors (Lipinski definition) is 2. The van der Waals surface area contributed by atoms with E-state index in [4.69, 9.17) is 0 Å². The molecule has 1 fully saturated rings. The number of benzene rings is 2. The van der Waals surface area contributed by atoms with Gasteiger partial charge in [0.05, 0.1) is 5.92 Å². The number of amides is 2. The van der Waals surface area contributed by atoms with Crippen LogP contribution in [-0.4, -0.2) is 24.4 Å². The van der Waals surface area contributed by atoms with Crippen molar-refractivity contribution < 1.29 is 9.59 Å². The molecule has 4 nitrogen and oxygen atoms in total. The number of rotatable bonds is 3. The summed E-state index contributed by atoms with van der Waals surface area (Å²) >= 11 is 3.43. The van der Waals surface area contributed by atoms with E-state index in [1.807, 2.05) is 24.3 Å². The smallest absolute Gasteiger partial charge is 0.227 e. The highest BCUT2D eigenvalue weighted by molar-refractivity contribution is 9.10. The minimum absolute atomic E-state index is 0.000211. The second-order valence-corrected chi connectivity index (χ2v) is 8.02. The Hall–Kier alpha value is -2.14. The fourth-order valence-corrected chi connectivity index (χ4v) is 4.30. The summed E-state index contributed by atoms with van der Waals surface area (Å²) in [6.45, 7) is 0.449. The zero-order chi connectivity index (χ0) is 18.1. The third-order valence-electron chi connectivity index (χ3n) is 5.31. The number of carbonyl (C=O) groups excluding carboxylic acids is 2. The summed E-state index contributed by atoms with van der Waals surface area (Å²) in [5.41, 5.74) is 3.54. The van der Waals surface area contributed by atoms with Gasteiger partial charge >= 0.3 is 0 Å². The minimum Gasteiger partial charge on any atom is -0.353 e. The number of halogens is 1. The number of carbonyl (C=O) groups is 2. The number of nitrogens with one attached hydrogen (secondary N) is 1. The van der Waals surface area contributed by atoms with Crippen molar-refractivity contribution in [3.63, 3.8) is 0 Å². The first kappa shape index (κ1) is 17.3. The van der Waals surface area contributed by atoms with Gasteiger partial charge in [0, 0.05) is 29.2 Å². The van der Waals surface area contributed by atoms with E-state index in [0.29, 0.717) is 6.54 Å². The SMILES string of the molecule is O=C(NC1CCc2ccccc2C1)C1CC(=O)N(c2cccc(Br)c2)C1. The van der Waals surface area contributed by atoms with E-state index in [2.05, 4.69) is 45.5 Å². The first-order chi connectivity index (χ1) is 12.6. The van der Waals surface area contributed by atoms with E-state index >= 15 is 0 Å². The summed E-state index contributed by atoms with van der Waals surface area (Å²) < 4.78 is 0.927. The van der Waals surface area contributed by atoms with Crippen molar-refractivity contribution in [3.05, 3.63) is 64.1 Å². The van der Waals surface area contributed by atoms with Crippen LogP contribution < -0.4 is 10.2 Å². The number of aryl methyl sites for hydroxylation is 1. The van der Waals surface area contributed by atoms with E-state index in [1.54, 1.807) is 4.90 Å². The van der Waals surface area contributed by atoms with Crippen molar-refractivity contribution >= 4 is 33.4 Å². The third-order valence-corrected chi connectivity index (χ3v) is 5.80. The van der Waals surface area contributed by atoms with Crippen molar-refractivity contribution in [2.24, 2.45) is 5.92 Å². The normalized spacial score (nSPS) is 22.2. The van der Waals surface area contributed by atoms with Crippen molar-refractivity contribution in [3.8, 4) is 0 Å². The maximum atomic E-state index is 12.7. The van der Waals surface area contributed by atoms with Gasteiger partial charge in [-0.3, -0.25) is 9.59 Å². The Morgan fingerprint density at radius 3 is 2.69 bits per heavy atom. The van der Waals surface area contributed by atoms with Crippen molar-refractivity contribution in [2.75, 3.05) is 11.4 Å². The Balaban J connectivity index is 1.40. The summed E-state index contributed by atoms with van der Waals surface area (Å²) in [6, 6.07) is 16.2. The summed E-state index contributed by atoms with van der Waals surface area (Å²) in [4.78, 5) is 26.8. The summed E-state index contributed by atoms with van der Waals surface area (Å²) in [7, 11) is 0. The Morgan fingerprint density at radius 1 is 1.08 bits per heavy atom. The predicted molar refractivity (Wildman–Crippen MR) is 105 cm³/mol. The predicted octanol–water partition coefficient (Wildman–Crippen LogP) is 3.48. The molecule has 1 N–H and O–H groups in total. The third kappa shape index (κ3) is 3.54. The molecule has 4 rings (SSSR count). The molecule has 0 aromatic heterocycles.